The summed E-state index contributed by atoms with van der Waals surface area (Å²) in [6.45, 7) is 1.60. The zero-order chi connectivity index (χ0) is 21.0. The number of hydrogen-bond acceptors (Lipinski definition) is 3. The molecule has 2 atom stereocenters. The van der Waals surface area contributed by atoms with E-state index in [1.54, 1.807) is 49.4 Å². The predicted molar refractivity (Wildman–Crippen MR) is 117 cm³/mol. The fourth-order valence-electron chi connectivity index (χ4n) is 2.74. The Labute approximate surface area is 184 Å². The standard InChI is InChI=1S/C22H18Cl3NO3/c1-13(29-20-10-8-16(24)12-18(20)25)22(28)26-19-9-7-15(23)11-17(19)21(27)14-5-3-2-4-6-14/h2-13,21,27H,1H3,(H,26,28)/t13-,21-/m0/s1. The fourth-order valence-corrected chi connectivity index (χ4v) is 3.37. The van der Waals surface area contributed by atoms with Crippen LogP contribution in [0.1, 0.15) is 24.2 Å². The maximum atomic E-state index is 12.7. The van der Waals surface area contributed by atoms with Gasteiger partial charge in [-0.1, -0.05) is 65.1 Å². The first kappa shape index (κ1) is 21.5. The number of aliphatic hydroxyl groups excluding tert-OH is 1. The van der Waals surface area contributed by atoms with Crippen LogP contribution in [0, 0.1) is 0 Å². The number of hydrogen-bond donors (Lipinski definition) is 2. The summed E-state index contributed by atoms with van der Waals surface area (Å²) in [6.07, 6.45) is -1.79. The minimum atomic E-state index is -0.952. The molecule has 29 heavy (non-hydrogen) atoms. The predicted octanol–water partition coefficient (Wildman–Crippen LogP) is 6.13. The summed E-state index contributed by atoms with van der Waals surface area (Å²) in [4.78, 5) is 12.7. The fraction of sp³-hybridized carbons (Fsp3) is 0.136. The molecule has 7 heteroatoms. The third-order valence-electron chi connectivity index (χ3n) is 4.25. The molecule has 0 bridgehead atoms. The first-order valence-corrected chi connectivity index (χ1v) is 9.93. The Balaban J connectivity index is 1.79. The van der Waals surface area contributed by atoms with Crippen LogP contribution in [0.5, 0.6) is 5.75 Å². The van der Waals surface area contributed by atoms with Gasteiger partial charge in [0.1, 0.15) is 11.9 Å². The van der Waals surface area contributed by atoms with E-state index in [0.29, 0.717) is 37.6 Å². The zero-order valence-electron chi connectivity index (χ0n) is 15.4. The summed E-state index contributed by atoms with van der Waals surface area (Å²) in [5, 5.41) is 14.8. The average Bonchev–Trinajstić information content (AvgIpc) is 2.71. The number of nitrogens with one attached hydrogen (secondary N) is 1. The van der Waals surface area contributed by atoms with E-state index in [0.717, 1.165) is 0 Å². The zero-order valence-corrected chi connectivity index (χ0v) is 17.7. The summed E-state index contributed by atoms with van der Waals surface area (Å²) < 4.78 is 5.65. The van der Waals surface area contributed by atoms with Gasteiger partial charge in [0.15, 0.2) is 6.10 Å². The van der Waals surface area contributed by atoms with Crippen molar-refractivity contribution in [2.45, 2.75) is 19.1 Å². The highest BCUT2D eigenvalue weighted by atomic mass is 35.5. The van der Waals surface area contributed by atoms with Gasteiger partial charge in [0.05, 0.1) is 5.02 Å². The van der Waals surface area contributed by atoms with E-state index in [1.165, 1.54) is 6.07 Å². The molecule has 1 amide bonds. The van der Waals surface area contributed by atoms with E-state index in [9.17, 15) is 9.90 Å². The minimum Gasteiger partial charge on any atom is -0.479 e. The second kappa shape index (κ2) is 9.51. The number of anilines is 1. The number of carbonyl (C=O) groups is 1. The topological polar surface area (TPSA) is 58.6 Å². The monoisotopic (exact) mass is 449 g/mol. The Morgan fingerprint density at radius 2 is 1.62 bits per heavy atom. The van der Waals surface area contributed by atoms with Gasteiger partial charge in [0.25, 0.3) is 5.91 Å². The Morgan fingerprint density at radius 3 is 2.31 bits per heavy atom. The SMILES string of the molecule is C[C@H](Oc1ccc(Cl)cc1Cl)C(=O)Nc1ccc(Cl)cc1[C@@H](O)c1ccccc1. The van der Waals surface area contributed by atoms with Crippen molar-refractivity contribution in [1.29, 1.82) is 0 Å². The molecular formula is C22H18Cl3NO3. The quantitative estimate of drug-likeness (QED) is 0.474. The molecule has 0 unspecified atom stereocenters. The van der Waals surface area contributed by atoms with Gasteiger partial charge in [0, 0.05) is 21.3 Å². The molecule has 3 rings (SSSR count). The van der Waals surface area contributed by atoms with E-state index >= 15 is 0 Å². The smallest absolute Gasteiger partial charge is 0.265 e. The van der Waals surface area contributed by atoms with E-state index in [2.05, 4.69) is 5.32 Å². The third-order valence-corrected chi connectivity index (χ3v) is 5.01. The molecule has 0 radical (unpaired) electrons. The number of halogens is 3. The maximum absolute atomic E-state index is 12.7. The average molecular weight is 451 g/mol. The highest BCUT2D eigenvalue weighted by Crippen LogP contribution is 2.32. The van der Waals surface area contributed by atoms with Crippen molar-refractivity contribution >= 4 is 46.4 Å². The van der Waals surface area contributed by atoms with Crippen LogP contribution in [0.3, 0.4) is 0 Å². The molecule has 0 spiro atoms. The lowest BCUT2D eigenvalue weighted by molar-refractivity contribution is -0.122. The Morgan fingerprint density at radius 1 is 0.966 bits per heavy atom. The summed E-state index contributed by atoms with van der Waals surface area (Å²) in [6, 6.07) is 18.8. The van der Waals surface area contributed by atoms with Crippen molar-refractivity contribution in [2.75, 3.05) is 5.32 Å². The van der Waals surface area contributed by atoms with Gasteiger partial charge in [-0.15, -0.1) is 0 Å². The molecule has 0 aliphatic carbocycles. The molecule has 2 N–H and O–H groups in total. The molecule has 0 fully saturated rings. The van der Waals surface area contributed by atoms with Crippen molar-refractivity contribution in [3.05, 3.63) is 92.9 Å². The van der Waals surface area contributed by atoms with Crippen LogP contribution in [-0.2, 0) is 4.79 Å². The van der Waals surface area contributed by atoms with Crippen LogP contribution >= 0.6 is 34.8 Å². The lowest BCUT2D eigenvalue weighted by atomic mass is 10.00. The van der Waals surface area contributed by atoms with Gasteiger partial charge in [-0.05, 0) is 48.9 Å². The lowest BCUT2D eigenvalue weighted by Gasteiger charge is -2.20. The maximum Gasteiger partial charge on any atom is 0.265 e. The van der Waals surface area contributed by atoms with Crippen molar-refractivity contribution in [2.24, 2.45) is 0 Å². The highest BCUT2D eigenvalue weighted by Gasteiger charge is 2.21. The summed E-state index contributed by atoms with van der Waals surface area (Å²) in [5.74, 6) is -0.0563. The minimum absolute atomic E-state index is 0.309. The van der Waals surface area contributed by atoms with Crippen LogP contribution in [0.4, 0.5) is 5.69 Å². The van der Waals surface area contributed by atoms with Crippen LogP contribution in [0.15, 0.2) is 66.7 Å². The van der Waals surface area contributed by atoms with Crippen molar-refractivity contribution < 1.29 is 14.6 Å². The first-order valence-electron chi connectivity index (χ1n) is 8.80. The molecule has 0 aromatic heterocycles. The van der Waals surface area contributed by atoms with Crippen molar-refractivity contribution in [3.8, 4) is 5.75 Å². The van der Waals surface area contributed by atoms with Crippen LogP contribution in [0.2, 0.25) is 15.1 Å². The van der Waals surface area contributed by atoms with Crippen molar-refractivity contribution in [1.82, 2.24) is 0 Å². The van der Waals surface area contributed by atoms with Gasteiger partial charge < -0.3 is 15.2 Å². The molecule has 150 valence electrons. The Bertz CT molecular complexity index is 1010. The molecule has 3 aromatic carbocycles. The van der Waals surface area contributed by atoms with E-state index in [1.807, 2.05) is 18.2 Å². The summed E-state index contributed by atoms with van der Waals surface area (Å²) in [5.41, 5.74) is 1.60. The summed E-state index contributed by atoms with van der Waals surface area (Å²) >= 11 is 18.1. The number of aliphatic hydroxyl groups is 1. The van der Waals surface area contributed by atoms with E-state index in [4.69, 9.17) is 39.5 Å². The normalized spacial score (nSPS) is 12.9. The van der Waals surface area contributed by atoms with Crippen molar-refractivity contribution in [3.63, 3.8) is 0 Å². The van der Waals surface area contributed by atoms with Gasteiger partial charge in [-0.25, -0.2) is 0 Å². The number of amides is 1. The van der Waals surface area contributed by atoms with Crippen LogP contribution < -0.4 is 10.1 Å². The van der Waals surface area contributed by atoms with E-state index < -0.39 is 18.1 Å². The molecule has 0 heterocycles. The Hall–Kier alpha value is -2.24. The molecule has 0 aliphatic rings. The number of ether oxygens (including phenoxy) is 1. The number of rotatable bonds is 6. The molecule has 0 saturated heterocycles. The number of benzene rings is 3. The van der Waals surface area contributed by atoms with E-state index in [-0.39, 0.29) is 0 Å². The van der Waals surface area contributed by atoms with Gasteiger partial charge in [0.2, 0.25) is 0 Å². The van der Waals surface area contributed by atoms with Crippen LogP contribution in [-0.4, -0.2) is 17.1 Å². The molecule has 3 aromatic rings. The molecule has 4 nitrogen and oxygen atoms in total. The molecule has 0 saturated carbocycles. The largest absolute Gasteiger partial charge is 0.479 e. The summed E-state index contributed by atoms with van der Waals surface area (Å²) in [7, 11) is 0. The lowest BCUT2D eigenvalue weighted by Crippen LogP contribution is -2.30. The van der Waals surface area contributed by atoms with Gasteiger partial charge in [-0.2, -0.15) is 0 Å². The second-order valence-corrected chi connectivity index (χ2v) is 7.65. The first-order chi connectivity index (χ1) is 13.8. The third kappa shape index (κ3) is 5.43. The van der Waals surface area contributed by atoms with Crippen LogP contribution in [0.25, 0.3) is 0 Å². The van der Waals surface area contributed by atoms with Gasteiger partial charge >= 0.3 is 0 Å². The number of carbonyl (C=O) groups excluding carboxylic acids is 1. The highest BCUT2D eigenvalue weighted by molar-refractivity contribution is 6.35. The molecule has 0 aliphatic heterocycles. The Kier molecular flexibility index (Phi) is 7.04. The second-order valence-electron chi connectivity index (χ2n) is 6.37. The molecular weight excluding hydrogens is 433 g/mol. The van der Waals surface area contributed by atoms with Gasteiger partial charge in [-0.3, -0.25) is 4.79 Å².